The molecular formula is C24H25IN4O2. The van der Waals surface area contributed by atoms with Gasteiger partial charge in [-0.05, 0) is 77.4 Å². The summed E-state index contributed by atoms with van der Waals surface area (Å²) in [6, 6.07) is 18.1. The van der Waals surface area contributed by atoms with E-state index >= 15 is 0 Å². The smallest absolute Gasteiger partial charge is 0.223 e. The van der Waals surface area contributed by atoms with E-state index in [9.17, 15) is 4.79 Å². The number of hydrogen-bond donors (Lipinski definition) is 1. The van der Waals surface area contributed by atoms with Crippen LogP contribution in [-0.2, 0) is 11.3 Å². The topological polar surface area (TPSA) is 67.3 Å². The molecule has 1 saturated heterocycles. The second kappa shape index (κ2) is 10.1. The number of rotatable bonds is 6. The van der Waals surface area contributed by atoms with E-state index in [0.29, 0.717) is 6.54 Å². The fourth-order valence-electron chi connectivity index (χ4n) is 3.75. The first-order valence-electron chi connectivity index (χ1n) is 10.4. The fourth-order valence-corrected chi connectivity index (χ4v) is 4.11. The highest BCUT2D eigenvalue weighted by atomic mass is 127. The monoisotopic (exact) mass is 528 g/mol. The molecule has 3 aromatic rings. The maximum absolute atomic E-state index is 12.6. The lowest BCUT2D eigenvalue weighted by Crippen LogP contribution is -2.40. The SMILES string of the molecule is COc1ccc(-c2cc(N3CCC(C(=O)NCc4ccc(I)cc4)CC3)ncn2)cc1. The lowest BCUT2D eigenvalue weighted by atomic mass is 9.95. The predicted molar refractivity (Wildman–Crippen MR) is 130 cm³/mol. The summed E-state index contributed by atoms with van der Waals surface area (Å²) in [5, 5.41) is 3.09. The van der Waals surface area contributed by atoms with Gasteiger partial charge in [0.25, 0.3) is 0 Å². The molecule has 0 radical (unpaired) electrons. The molecule has 160 valence electrons. The third-order valence-corrected chi connectivity index (χ3v) is 6.33. The minimum Gasteiger partial charge on any atom is -0.497 e. The first kappa shape index (κ1) is 21.5. The van der Waals surface area contributed by atoms with Gasteiger partial charge in [-0.1, -0.05) is 12.1 Å². The Balaban J connectivity index is 1.33. The number of aromatic nitrogens is 2. The van der Waals surface area contributed by atoms with Crippen molar-refractivity contribution in [3.05, 3.63) is 70.1 Å². The number of benzene rings is 2. The van der Waals surface area contributed by atoms with Crippen LogP contribution in [0, 0.1) is 9.49 Å². The average Bonchev–Trinajstić information content (AvgIpc) is 2.84. The average molecular weight is 528 g/mol. The highest BCUT2D eigenvalue weighted by Crippen LogP contribution is 2.26. The van der Waals surface area contributed by atoms with E-state index in [0.717, 1.165) is 54.3 Å². The minimum absolute atomic E-state index is 0.0444. The number of nitrogens with zero attached hydrogens (tertiary/aromatic N) is 3. The molecule has 1 amide bonds. The third kappa shape index (κ3) is 5.52. The molecule has 4 rings (SSSR count). The number of carbonyl (C=O) groups is 1. The number of amides is 1. The molecule has 0 saturated carbocycles. The Kier molecular flexibility index (Phi) is 7.01. The highest BCUT2D eigenvalue weighted by Gasteiger charge is 2.25. The molecule has 0 unspecified atom stereocenters. The molecule has 6 nitrogen and oxygen atoms in total. The van der Waals surface area contributed by atoms with E-state index in [4.69, 9.17) is 4.74 Å². The predicted octanol–water partition coefficient (Wildman–Crippen LogP) is 4.29. The van der Waals surface area contributed by atoms with Crippen molar-refractivity contribution >= 4 is 34.3 Å². The first-order valence-corrected chi connectivity index (χ1v) is 11.4. The van der Waals surface area contributed by atoms with Crippen molar-refractivity contribution in [2.45, 2.75) is 19.4 Å². The Labute approximate surface area is 196 Å². The second-order valence-electron chi connectivity index (χ2n) is 7.60. The van der Waals surface area contributed by atoms with Crippen molar-refractivity contribution in [1.82, 2.24) is 15.3 Å². The summed E-state index contributed by atoms with van der Waals surface area (Å²) in [6.45, 7) is 2.19. The van der Waals surface area contributed by atoms with E-state index in [2.05, 4.69) is 67.0 Å². The zero-order valence-corrected chi connectivity index (χ0v) is 19.6. The summed E-state index contributed by atoms with van der Waals surface area (Å²) in [7, 11) is 1.66. The molecule has 2 heterocycles. The van der Waals surface area contributed by atoms with Crippen LogP contribution in [-0.4, -0.2) is 36.1 Å². The van der Waals surface area contributed by atoms with Gasteiger partial charge in [0.15, 0.2) is 0 Å². The van der Waals surface area contributed by atoms with Gasteiger partial charge in [-0.15, -0.1) is 0 Å². The van der Waals surface area contributed by atoms with Crippen molar-refractivity contribution in [3.8, 4) is 17.0 Å². The Bertz CT molecular complexity index is 1020. The molecule has 0 aliphatic carbocycles. The van der Waals surface area contributed by atoms with Crippen LogP contribution >= 0.6 is 22.6 Å². The second-order valence-corrected chi connectivity index (χ2v) is 8.84. The molecule has 1 aliphatic rings. The fraction of sp³-hybridized carbons (Fsp3) is 0.292. The molecule has 2 aromatic carbocycles. The number of ether oxygens (including phenoxy) is 1. The maximum atomic E-state index is 12.6. The zero-order chi connectivity index (χ0) is 21.6. The van der Waals surface area contributed by atoms with Crippen LogP contribution in [0.1, 0.15) is 18.4 Å². The van der Waals surface area contributed by atoms with E-state index in [1.807, 2.05) is 30.3 Å². The van der Waals surface area contributed by atoms with Gasteiger partial charge < -0.3 is 15.0 Å². The zero-order valence-electron chi connectivity index (χ0n) is 17.4. The molecular weight excluding hydrogens is 503 g/mol. The van der Waals surface area contributed by atoms with Crippen LogP contribution in [0.5, 0.6) is 5.75 Å². The van der Waals surface area contributed by atoms with E-state index in [-0.39, 0.29) is 11.8 Å². The largest absolute Gasteiger partial charge is 0.497 e. The van der Waals surface area contributed by atoms with Gasteiger partial charge in [0.2, 0.25) is 5.91 Å². The number of halogens is 1. The van der Waals surface area contributed by atoms with E-state index in [1.165, 1.54) is 3.57 Å². The van der Waals surface area contributed by atoms with Gasteiger partial charge in [-0.3, -0.25) is 4.79 Å². The number of hydrogen-bond acceptors (Lipinski definition) is 5. The maximum Gasteiger partial charge on any atom is 0.223 e. The van der Waals surface area contributed by atoms with Crippen LogP contribution in [0.3, 0.4) is 0 Å². The molecule has 1 aliphatic heterocycles. The lowest BCUT2D eigenvalue weighted by molar-refractivity contribution is -0.125. The standard InChI is InChI=1S/C24H25IN4O2/c1-31-21-8-4-18(5-9-21)22-14-23(28-16-27-22)29-12-10-19(11-13-29)24(30)26-15-17-2-6-20(25)7-3-17/h2-9,14,16,19H,10-13,15H2,1H3,(H,26,30). The van der Waals surface area contributed by atoms with Crippen LogP contribution < -0.4 is 15.0 Å². The Morgan fingerprint density at radius 1 is 1.10 bits per heavy atom. The molecule has 31 heavy (non-hydrogen) atoms. The third-order valence-electron chi connectivity index (χ3n) is 5.61. The van der Waals surface area contributed by atoms with Gasteiger partial charge >= 0.3 is 0 Å². The summed E-state index contributed by atoms with van der Waals surface area (Å²) < 4.78 is 6.42. The first-order chi connectivity index (χ1) is 15.1. The number of carbonyl (C=O) groups excluding carboxylic acids is 1. The van der Waals surface area contributed by atoms with Gasteiger partial charge in [0.05, 0.1) is 12.8 Å². The molecule has 1 fully saturated rings. The quantitative estimate of drug-likeness (QED) is 0.484. The molecule has 1 aromatic heterocycles. The van der Waals surface area contributed by atoms with Gasteiger partial charge in [0, 0.05) is 40.8 Å². The number of piperidine rings is 1. The lowest BCUT2D eigenvalue weighted by Gasteiger charge is -2.32. The summed E-state index contributed by atoms with van der Waals surface area (Å²) in [6.07, 6.45) is 3.25. The Hall–Kier alpha value is -2.68. The molecule has 0 atom stereocenters. The Morgan fingerprint density at radius 2 is 1.81 bits per heavy atom. The van der Waals surface area contributed by atoms with Gasteiger partial charge in [0.1, 0.15) is 17.9 Å². The number of methoxy groups -OCH3 is 1. The highest BCUT2D eigenvalue weighted by molar-refractivity contribution is 14.1. The minimum atomic E-state index is 0.0444. The van der Waals surface area contributed by atoms with Gasteiger partial charge in [-0.2, -0.15) is 0 Å². The summed E-state index contributed by atoms with van der Waals surface area (Å²) in [5.74, 6) is 1.90. The van der Waals surface area contributed by atoms with Crippen molar-refractivity contribution in [1.29, 1.82) is 0 Å². The Morgan fingerprint density at radius 3 is 2.48 bits per heavy atom. The normalized spacial score (nSPS) is 14.3. The van der Waals surface area contributed by atoms with Crippen molar-refractivity contribution in [2.75, 3.05) is 25.1 Å². The van der Waals surface area contributed by atoms with Crippen molar-refractivity contribution < 1.29 is 9.53 Å². The van der Waals surface area contributed by atoms with E-state index < -0.39 is 0 Å². The van der Waals surface area contributed by atoms with Crippen LogP contribution in [0.4, 0.5) is 5.82 Å². The van der Waals surface area contributed by atoms with E-state index in [1.54, 1.807) is 13.4 Å². The summed E-state index contributed by atoms with van der Waals surface area (Å²) in [5.41, 5.74) is 3.03. The molecule has 7 heteroatoms. The van der Waals surface area contributed by atoms with Crippen LogP contribution in [0.2, 0.25) is 0 Å². The van der Waals surface area contributed by atoms with Crippen molar-refractivity contribution in [2.24, 2.45) is 5.92 Å². The molecule has 0 spiro atoms. The molecule has 1 N–H and O–H groups in total. The summed E-state index contributed by atoms with van der Waals surface area (Å²) in [4.78, 5) is 23.7. The van der Waals surface area contributed by atoms with Crippen molar-refractivity contribution in [3.63, 3.8) is 0 Å². The number of nitrogens with one attached hydrogen (secondary N) is 1. The number of anilines is 1. The summed E-state index contributed by atoms with van der Waals surface area (Å²) >= 11 is 2.28. The van der Waals surface area contributed by atoms with Gasteiger partial charge in [-0.25, -0.2) is 9.97 Å². The van der Waals surface area contributed by atoms with Crippen LogP contribution in [0.25, 0.3) is 11.3 Å². The molecule has 0 bridgehead atoms. The van der Waals surface area contributed by atoms with Crippen LogP contribution in [0.15, 0.2) is 60.9 Å².